The van der Waals surface area contributed by atoms with Crippen molar-refractivity contribution in [1.29, 1.82) is 0 Å². The molecule has 0 bridgehead atoms. The number of H-pyrrole nitrogens is 1. The van der Waals surface area contributed by atoms with E-state index >= 15 is 0 Å². The van der Waals surface area contributed by atoms with E-state index in [4.69, 9.17) is 0 Å². The molecule has 1 atom stereocenters. The molecule has 1 aromatic rings. The number of likely N-dealkylation sites (tertiary alicyclic amines) is 1. The Hall–Kier alpha value is -1.52. The normalized spacial score (nSPS) is 24.7. The summed E-state index contributed by atoms with van der Waals surface area (Å²) < 4.78 is 0. The monoisotopic (exact) mass is 234 g/mol. The number of amides is 2. The second-order valence-corrected chi connectivity index (χ2v) is 4.94. The van der Waals surface area contributed by atoms with Crippen LogP contribution in [0.15, 0.2) is 12.3 Å². The van der Waals surface area contributed by atoms with Crippen molar-refractivity contribution in [1.82, 2.24) is 20.4 Å². The molecule has 0 spiro atoms. The first-order valence-corrected chi connectivity index (χ1v) is 6.41. The summed E-state index contributed by atoms with van der Waals surface area (Å²) in [6, 6.07) is 2.65. The average Bonchev–Trinajstić information content (AvgIpc) is 3.00. The summed E-state index contributed by atoms with van der Waals surface area (Å²) in [5.74, 6) is 0. The van der Waals surface area contributed by atoms with Gasteiger partial charge in [-0.2, -0.15) is 5.10 Å². The first-order chi connectivity index (χ1) is 8.34. The highest BCUT2D eigenvalue weighted by Crippen LogP contribution is 2.30. The summed E-state index contributed by atoms with van der Waals surface area (Å²) in [5, 5.41) is 10.0. The zero-order valence-corrected chi connectivity index (χ0v) is 9.85. The van der Waals surface area contributed by atoms with E-state index in [9.17, 15) is 4.79 Å². The third-order valence-electron chi connectivity index (χ3n) is 3.55. The van der Waals surface area contributed by atoms with E-state index in [1.165, 1.54) is 6.42 Å². The number of aromatic amines is 1. The van der Waals surface area contributed by atoms with Crippen LogP contribution in [0.1, 0.15) is 43.8 Å². The number of urea groups is 1. The Labute approximate surface area is 101 Å². The van der Waals surface area contributed by atoms with Crippen LogP contribution in [-0.2, 0) is 0 Å². The zero-order chi connectivity index (χ0) is 11.7. The zero-order valence-electron chi connectivity index (χ0n) is 9.85. The van der Waals surface area contributed by atoms with Gasteiger partial charge in [0.2, 0.25) is 0 Å². The van der Waals surface area contributed by atoms with Crippen LogP contribution in [0, 0.1) is 0 Å². The Balaban J connectivity index is 1.72. The second-order valence-electron chi connectivity index (χ2n) is 4.94. The number of piperidine rings is 1. The highest BCUT2D eigenvalue weighted by atomic mass is 16.2. The third-order valence-corrected chi connectivity index (χ3v) is 3.55. The van der Waals surface area contributed by atoms with Crippen LogP contribution in [0.3, 0.4) is 0 Å². The SMILES string of the molecule is O=C(NC1CC1)N1CCCCC1c1ccn[nH]1. The lowest BCUT2D eigenvalue weighted by Crippen LogP contribution is -2.45. The Morgan fingerprint density at radius 2 is 2.29 bits per heavy atom. The van der Waals surface area contributed by atoms with Gasteiger partial charge >= 0.3 is 6.03 Å². The van der Waals surface area contributed by atoms with E-state index in [0.717, 1.165) is 37.9 Å². The summed E-state index contributed by atoms with van der Waals surface area (Å²) in [6.45, 7) is 0.849. The van der Waals surface area contributed by atoms with Crippen molar-refractivity contribution in [2.45, 2.75) is 44.2 Å². The van der Waals surface area contributed by atoms with Crippen LogP contribution in [0.5, 0.6) is 0 Å². The van der Waals surface area contributed by atoms with E-state index in [1.807, 2.05) is 11.0 Å². The molecule has 0 radical (unpaired) electrons. The van der Waals surface area contributed by atoms with E-state index < -0.39 is 0 Å². The minimum Gasteiger partial charge on any atom is -0.335 e. The number of hydrogen-bond donors (Lipinski definition) is 2. The molecular weight excluding hydrogens is 216 g/mol. The van der Waals surface area contributed by atoms with Gasteiger partial charge in [-0.05, 0) is 38.2 Å². The van der Waals surface area contributed by atoms with Crippen LogP contribution in [0.4, 0.5) is 4.79 Å². The van der Waals surface area contributed by atoms with E-state index in [2.05, 4.69) is 15.5 Å². The fourth-order valence-electron chi connectivity index (χ4n) is 2.44. The molecule has 1 aliphatic carbocycles. The van der Waals surface area contributed by atoms with Gasteiger partial charge in [-0.15, -0.1) is 0 Å². The van der Waals surface area contributed by atoms with Gasteiger partial charge in [0, 0.05) is 18.8 Å². The van der Waals surface area contributed by atoms with Gasteiger partial charge in [-0.3, -0.25) is 5.10 Å². The van der Waals surface area contributed by atoms with Crippen molar-refractivity contribution in [3.8, 4) is 0 Å². The number of aromatic nitrogens is 2. The Morgan fingerprint density at radius 1 is 1.41 bits per heavy atom. The second kappa shape index (κ2) is 4.39. The maximum atomic E-state index is 12.1. The number of rotatable bonds is 2. The van der Waals surface area contributed by atoms with Crippen molar-refractivity contribution in [3.05, 3.63) is 18.0 Å². The van der Waals surface area contributed by atoms with Gasteiger partial charge in [-0.25, -0.2) is 4.79 Å². The fraction of sp³-hybridized carbons (Fsp3) is 0.667. The van der Waals surface area contributed by atoms with Crippen LogP contribution in [-0.4, -0.2) is 33.7 Å². The standard InChI is InChI=1S/C12H18N4O/c17-12(14-9-4-5-9)16-8-2-1-3-11(16)10-6-7-13-15-10/h6-7,9,11H,1-5,8H2,(H,13,15)(H,14,17). The average molecular weight is 234 g/mol. The lowest BCUT2D eigenvalue weighted by atomic mass is 10.00. The van der Waals surface area contributed by atoms with Crippen LogP contribution < -0.4 is 5.32 Å². The summed E-state index contributed by atoms with van der Waals surface area (Å²) in [4.78, 5) is 14.1. The minimum atomic E-state index is 0.0896. The lowest BCUT2D eigenvalue weighted by molar-refractivity contribution is 0.149. The van der Waals surface area contributed by atoms with Gasteiger partial charge in [-0.1, -0.05) is 0 Å². The number of nitrogens with one attached hydrogen (secondary N) is 2. The molecule has 2 aliphatic rings. The summed E-state index contributed by atoms with van der Waals surface area (Å²) in [6.07, 6.45) is 7.32. The van der Waals surface area contributed by atoms with Crippen molar-refractivity contribution in [2.24, 2.45) is 0 Å². The Kier molecular flexibility index (Phi) is 2.74. The number of carbonyl (C=O) groups excluding carboxylic acids is 1. The molecule has 2 amide bonds. The number of nitrogens with zero attached hydrogens (tertiary/aromatic N) is 2. The number of hydrogen-bond acceptors (Lipinski definition) is 2. The van der Waals surface area contributed by atoms with Crippen molar-refractivity contribution < 1.29 is 4.79 Å². The largest absolute Gasteiger partial charge is 0.335 e. The fourth-order valence-corrected chi connectivity index (χ4v) is 2.44. The van der Waals surface area contributed by atoms with Gasteiger partial charge in [0.15, 0.2) is 0 Å². The van der Waals surface area contributed by atoms with Crippen LogP contribution >= 0.6 is 0 Å². The molecule has 1 unspecified atom stereocenters. The number of carbonyl (C=O) groups is 1. The molecule has 1 saturated heterocycles. The molecule has 2 N–H and O–H groups in total. The smallest absolute Gasteiger partial charge is 0.318 e. The van der Waals surface area contributed by atoms with Crippen molar-refractivity contribution in [2.75, 3.05) is 6.54 Å². The first-order valence-electron chi connectivity index (χ1n) is 6.41. The topological polar surface area (TPSA) is 61.0 Å². The molecule has 0 aromatic carbocycles. The predicted octanol–water partition coefficient (Wildman–Crippen LogP) is 1.81. The van der Waals surface area contributed by atoms with Crippen LogP contribution in [0.25, 0.3) is 0 Å². The van der Waals surface area contributed by atoms with E-state index in [1.54, 1.807) is 6.20 Å². The van der Waals surface area contributed by atoms with Crippen molar-refractivity contribution >= 4 is 6.03 Å². The summed E-state index contributed by atoms with van der Waals surface area (Å²) in [7, 11) is 0. The molecule has 5 nitrogen and oxygen atoms in total. The lowest BCUT2D eigenvalue weighted by Gasteiger charge is -2.35. The van der Waals surface area contributed by atoms with E-state index in [-0.39, 0.29) is 12.1 Å². The first kappa shape index (κ1) is 10.6. The molecule has 2 heterocycles. The highest BCUT2D eigenvalue weighted by molar-refractivity contribution is 5.75. The van der Waals surface area contributed by atoms with Crippen LogP contribution in [0.2, 0.25) is 0 Å². The van der Waals surface area contributed by atoms with Gasteiger partial charge in [0.25, 0.3) is 0 Å². The minimum absolute atomic E-state index is 0.0896. The summed E-state index contributed by atoms with van der Waals surface area (Å²) >= 11 is 0. The van der Waals surface area contributed by atoms with Gasteiger partial charge in [0.1, 0.15) is 0 Å². The Bertz CT molecular complexity index is 385. The molecule has 92 valence electrons. The molecule has 1 aliphatic heterocycles. The molecule has 3 rings (SSSR count). The molecule has 2 fully saturated rings. The molecule has 17 heavy (non-hydrogen) atoms. The van der Waals surface area contributed by atoms with Gasteiger partial charge in [0.05, 0.1) is 11.7 Å². The molecule has 1 aromatic heterocycles. The predicted molar refractivity (Wildman–Crippen MR) is 63.4 cm³/mol. The van der Waals surface area contributed by atoms with Crippen molar-refractivity contribution in [3.63, 3.8) is 0 Å². The van der Waals surface area contributed by atoms with E-state index in [0.29, 0.717) is 6.04 Å². The Morgan fingerprint density at radius 3 is 3.00 bits per heavy atom. The van der Waals surface area contributed by atoms with Gasteiger partial charge < -0.3 is 10.2 Å². The maximum Gasteiger partial charge on any atom is 0.318 e. The quantitative estimate of drug-likeness (QED) is 0.819. The molecular formula is C12H18N4O. The molecule has 5 heteroatoms. The molecule has 1 saturated carbocycles. The highest BCUT2D eigenvalue weighted by Gasteiger charge is 2.32. The maximum absolute atomic E-state index is 12.1. The summed E-state index contributed by atoms with van der Waals surface area (Å²) in [5.41, 5.74) is 1.05. The third kappa shape index (κ3) is 2.28.